The number of carbonyl (C=O) groups excluding carboxylic acids is 1. The van der Waals surface area contributed by atoms with Crippen LogP contribution in [0.3, 0.4) is 0 Å². The Morgan fingerprint density at radius 2 is 2.25 bits per heavy atom. The van der Waals surface area contributed by atoms with E-state index >= 15 is 0 Å². The lowest BCUT2D eigenvalue weighted by Crippen LogP contribution is -2.06. The van der Waals surface area contributed by atoms with Crippen LogP contribution in [0.1, 0.15) is 12.5 Å². The van der Waals surface area contributed by atoms with Gasteiger partial charge in [0.25, 0.3) is 0 Å². The van der Waals surface area contributed by atoms with Gasteiger partial charge in [0.2, 0.25) is 5.91 Å². The molecule has 2 rings (SSSR count). The fourth-order valence-corrected chi connectivity index (χ4v) is 2.31. The largest absolute Gasteiger partial charge is 0.311 e. The molecule has 0 fully saturated rings. The molecule has 4 heteroatoms. The number of rotatable bonds is 2. The second kappa shape index (κ2) is 4.45. The highest BCUT2D eigenvalue weighted by atomic mass is 32.1. The molecule has 2 heterocycles. The first kappa shape index (κ1) is 10.8. The number of hydrogen-bond acceptors (Lipinski definition) is 3. The first-order valence-corrected chi connectivity index (χ1v) is 5.82. The normalized spacial score (nSPS) is 10.1. The lowest BCUT2D eigenvalue weighted by Gasteiger charge is -2.02. The van der Waals surface area contributed by atoms with E-state index in [0.717, 1.165) is 5.56 Å². The Kier molecular flexibility index (Phi) is 3.01. The molecule has 0 unspecified atom stereocenters. The van der Waals surface area contributed by atoms with Gasteiger partial charge in [0.15, 0.2) is 0 Å². The van der Waals surface area contributed by atoms with Gasteiger partial charge in [0.1, 0.15) is 5.82 Å². The second-order valence-corrected chi connectivity index (χ2v) is 4.51. The molecule has 0 aliphatic carbocycles. The molecule has 0 aliphatic rings. The molecule has 0 radical (unpaired) electrons. The number of nitrogens with one attached hydrogen (secondary N) is 1. The highest BCUT2D eigenvalue weighted by Crippen LogP contribution is 2.27. The van der Waals surface area contributed by atoms with E-state index in [2.05, 4.69) is 28.7 Å². The van der Waals surface area contributed by atoms with Crippen LogP contribution in [0.25, 0.3) is 10.4 Å². The maximum Gasteiger partial charge on any atom is 0.222 e. The molecule has 0 bridgehead atoms. The molecule has 0 saturated heterocycles. The average molecular weight is 232 g/mol. The van der Waals surface area contributed by atoms with Gasteiger partial charge in [0, 0.05) is 18.0 Å². The topological polar surface area (TPSA) is 42.0 Å². The SMILES string of the molecule is CC(=O)Nc1cc(-c2cc(C)cs2)ccn1. The van der Waals surface area contributed by atoms with Gasteiger partial charge in [-0.05, 0) is 41.6 Å². The van der Waals surface area contributed by atoms with Crippen LogP contribution in [0.15, 0.2) is 29.8 Å². The molecule has 3 nitrogen and oxygen atoms in total. The van der Waals surface area contributed by atoms with Crippen molar-refractivity contribution in [2.75, 3.05) is 5.32 Å². The number of anilines is 1. The van der Waals surface area contributed by atoms with E-state index in [0.29, 0.717) is 5.82 Å². The number of pyridine rings is 1. The molecule has 0 atom stereocenters. The van der Waals surface area contributed by atoms with Crippen molar-refractivity contribution in [2.45, 2.75) is 13.8 Å². The first-order chi connectivity index (χ1) is 7.65. The third kappa shape index (κ3) is 2.46. The predicted molar refractivity (Wildman–Crippen MR) is 66.6 cm³/mol. The summed E-state index contributed by atoms with van der Waals surface area (Å²) in [7, 11) is 0. The zero-order chi connectivity index (χ0) is 11.5. The van der Waals surface area contributed by atoms with E-state index in [1.165, 1.54) is 17.4 Å². The number of nitrogens with zero attached hydrogens (tertiary/aromatic N) is 1. The van der Waals surface area contributed by atoms with Gasteiger partial charge in [-0.1, -0.05) is 0 Å². The molecule has 1 amide bonds. The summed E-state index contributed by atoms with van der Waals surface area (Å²) in [6.07, 6.45) is 1.70. The molecule has 0 saturated carbocycles. The van der Waals surface area contributed by atoms with Crippen molar-refractivity contribution in [3.05, 3.63) is 35.3 Å². The van der Waals surface area contributed by atoms with Gasteiger partial charge in [0.05, 0.1) is 0 Å². The summed E-state index contributed by atoms with van der Waals surface area (Å²) in [5.41, 5.74) is 2.33. The fraction of sp³-hybridized carbons (Fsp3) is 0.167. The van der Waals surface area contributed by atoms with Crippen LogP contribution in [0.2, 0.25) is 0 Å². The van der Waals surface area contributed by atoms with Crippen molar-refractivity contribution in [3.8, 4) is 10.4 Å². The minimum absolute atomic E-state index is 0.105. The lowest BCUT2D eigenvalue weighted by atomic mass is 10.2. The number of amides is 1. The molecule has 2 aromatic rings. The molecule has 2 aromatic heterocycles. The van der Waals surface area contributed by atoms with Crippen molar-refractivity contribution in [1.29, 1.82) is 0 Å². The van der Waals surface area contributed by atoms with E-state index in [-0.39, 0.29) is 5.91 Å². The van der Waals surface area contributed by atoms with E-state index in [9.17, 15) is 4.79 Å². The van der Waals surface area contributed by atoms with Crippen LogP contribution in [-0.4, -0.2) is 10.9 Å². The molecule has 0 aromatic carbocycles. The number of thiophene rings is 1. The molecule has 16 heavy (non-hydrogen) atoms. The van der Waals surface area contributed by atoms with E-state index < -0.39 is 0 Å². The Balaban J connectivity index is 2.32. The summed E-state index contributed by atoms with van der Waals surface area (Å²) in [6.45, 7) is 3.54. The van der Waals surface area contributed by atoms with Gasteiger partial charge in [-0.2, -0.15) is 0 Å². The second-order valence-electron chi connectivity index (χ2n) is 3.60. The van der Waals surface area contributed by atoms with Crippen LogP contribution in [-0.2, 0) is 4.79 Å². The maximum atomic E-state index is 10.9. The van der Waals surface area contributed by atoms with Crippen LogP contribution in [0.5, 0.6) is 0 Å². The summed E-state index contributed by atoms with van der Waals surface area (Å²) >= 11 is 1.69. The molecular weight excluding hydrogens is 220 g/mol. The minimum atomic E-state index is -0.105. The predicted octanol–water partition coefficient (Wildman–Crippen LogP) is 3.08. The third-order valence-electron chi connectivity index (χ3n) is 2.08. The quantitative estimate of drug-likeness (QED) is 0.864. The van der Waals surface area contributed by atoms with E-state index in [1.807, 2.05) is 12.1 Å². The number of hydrogen-bond donors (Lipinski definition) is 1. The Hall–Kier alpha value is -1.68. The highest BCUT2D eigenvalue weighted by molar-refractivity contribution is 7.13. The third-order valence-corrected chi connectivity index (χ3v) is 3.18. The van der Waals surface area contributed by atoms with Gasteiger partial charge < -0.3 is 5.32 Å². The standard InChI is InChI=1S/C12H12N2OS/c1-8-5-11(16-7-8)10-3-4-13-12(6-10)14-9(2)15/h3-7H,1-2H3,(H,13,14,15). The summed E-state index contributed by atoms with van der Waals surface area (Å²) in [5.74, 6) is 0.489. The summed E-state index contributed by atoms with van der Waals surface area (Å²) < 4.78 is 0. The van der Waals surface area contributed by atoms with Crippen molar-refractivity contribution in [2.24, 2.45) is 0 Å². The Labute approximate surface area is 98.2 Å². The molecular formula is C12H12N2OS. The van der Waals surface area contributed by atoms with Gasteiger partial charge in [-0.15, -0.1) is 11.3 Å². The summed E-state index contributed by atoms with van der Waals surface area (Å²) in [4.78, 5) is 16.2. The highest BCUT2D eigenvalue weighted by Gasteiger charge is 2.03. The van der Waals surface area contributed by atoms with Crippen molar-refractivity contribution < 1.29 is 4.79 Å². The first-order valence-electron chi connectivity index (χ1n) is 4.94. The molecule has 0 aliphatic heterocycles. The Morgan fingerprint density at radius 1 is 1.44 bits per heavy atom. The average Bonchev–Trinajstić information content (AvgIpc) is 2.64. The zero-order valence-corrected chi connectivity index (χ0v) is 9.97. The van der Waals surface area contributed by atoms with E-state index in [4.69, 9.17) is 0 Å². The lowest BCUT2D eigenvalue weighted by molar-refractivity contribution is -0.114. The van der Waals surface area contributed by atoms with Crippen molar-refractivity contribution in [3.63, 3.8) is 0 Å². The molecule has 82 valence electrons. The van der Waals surface area contributed by atoms with Crippen LogP contribution in [0.4, 0.5) is 5.82 Å². The Bertz CT molecular complexity index is 519. The fourth-order valence-electron chi connectivity index (χ4n) is 1.42. The minimum Gasteiger partial charge on any atom is -0.311 e. The number of aryl methyl sites for hydroxylation is 1. The summed E-state index contributed by atoms with van der Waals surface area (Å²) in [5, 5.41) is 4.78. The summed E-state index contributed by atoms with van der Waals surface area (Å²) in [6, 6.07) is 5.95. The van der Waals surface area contributed by atoms with Crippen molar-refractivity contribution in [1.82, 2.24) is 4.98 Å². The van der Waals surface area contributed by atoms with Crippen LogP contribution < -0.4 is 5.32 Å². The van der Waals surface area contributed by atoms with Gasteiger partial charge >= 0.3 is 0 Å². The maximum absolute atomic E-state index is 10.9. The van der Waals surface area contributed by atoms with Gasteiger partial charge in [-0.3, -0.25) is 4.79 Å². The monoisotopic (exact) mass is 232 g/mol. The van der Waals surface area contributed by atoms with Gasteiger partial charge in [-0.25, -0.2) is 4.98 Å². The number of aromatic nitrogens is 1. The van der Waals surface area contributed by atoms with Crippen LogP contribution >= 0.6 is 11.3 Å². The van der Waals surface area contributed by atoms with E-state index in [1.54, 1.807) is 17.5 Å². The number of carbonyl (C=O) groups is 1. The Morgan fingerprint density at radius 3 is 2.88 bits per heavy atom. The molecule has 0 spiro atoms. The smallest absolute Gasteiger partial charge is 0.222 e. The zero-order valence-electron chi connectivity index (χ0n) is 9.15. The van der Waals surface area contributed by atoms with Crippen molar-refractivity contribution >= 4 is 23.1 Å². The molecule has 1 N–H and O–H groups in total. The van der Waals surface area contributed by atoms with Crippen LogP contribution in [0, 0.1) is 6.92 Å².